The lowest BCUT2D eigenvalue weighted by Gasteiger charge is -2.68. The summed E-state index contributed by atoms with van der Waals surface area (Å²) in [6, 6.07) is 4.40. The molecule has 4 aliphatic carbocycles. The van der Waals surface area contributed by atoms with E-state index in [9.17, 15) is 9.90 Å². The maximum Gasteiger partial charge on any atom is 0.246 e. The molecule has 7 nitrogen and oxygen atoms in total. The number of rotatable bonds is 4. The highest BCUT2D eigenvalue weighted by molar-refractivity contribution is 5.89. The summed E-state index contributed by atoms with van der Waals surface area (Å²) in [5, 5.41) is 12.8. The van der Waals surface area contributed by atoms with Crippen LogP contribution in [0.5, 0.6) is 11.5 Å². The standard InChI is InChI=1S/C30H38N2O5/c1-35-22-5-4-20-16-23-30(34)9-8-28(7-6-21(28)17-24(33)31-12-14-36-15-13-31)27-29(30,25(20)26(22)37-27)10-11-32(23)18-19-2-3-19/h4-5,17,19,23,27,34H,2-3,6-16,18H2,1H3/b21-17+/t23-,27+,28+,29+,30-/m1/s1. The molecule has 1 N–H and O–H groups in total. The van der Waals surface area contributed by atoms with Crippen LogP contribution in [0.25, 0.3) is 0 Å². The molecule has 5 fully saturated rings. The Morgan fingerprint density at radius 1 is 1.16 bits per heavy atom. The van der Waals surface area contributed by atoms with Crippen LogP contribution in [0.4, 0.5) is 0 Å². The molecule has 37 heavy (non-hydrogen) atoms. The summed E-state index contributed by atoms with van der Waals surface area (Å²) in [5.41, 5.74) is 2.29. The first kappa shape index (κ1) is 22.9. The molecule has 1 aromatic carbocycles. The second kappa shape index (κ2) is 7.73. The van der Waals surface area contributed by atoms with E-state index in [1.165, 1.54) is 29.5 Å². The zero-order valence-electron chi connectivity index (χ0n) is 21.8. The Morgan fingerprint density at radius 2 is 2.00 bits per heavy atom. The maximum absolute atomic E-state index is 13.3. The third-order valence-corrected chi connectivity index (χ3v) is 11.3. The molecular weight excluding hydrogens is 468 g/mol. The van der Waals surface area contributed by atoms with Gasteiger partial charge in [0.15, 0.2) is 11.5 Å². The Bertz CT molecular complexity index is 1190. The Labute approximate surface area is 218 Å². The maximum atomic E-state index is 13.3. The van der Waals surface area contributed by atoms with Gasteiger partial charge in [-0.15, -0.1) is 0 Å². The number of morpholine rings is 1. The second-order valence-corrected chi connectivity index (χ2v) is 12.7. The minimum Gasteiger partial charge on any atom is -0.493 e. The van der Waals surface area contributed by atoms with Crippen LogP contribution >= 0.6 is 0 Å². The van der Waals surface area contributed by atoms with Crippen molar-refractivity contribution in [2.24, 2.45) is 11.3 Å². The van der Waals surface area contributed by atoms with Gasteiger partial charge in [0, 0.05) is 42.7 Å². The molecule has 5 atom stereocenters. The Morgan fingerprint density at radius 3 is 2.73 bits per heavy atom. The molecule has 1 aromatic rings. The molecule has 2 saturated heterocycles. The van der Waals surface area contributed by atoms with Crippen molar-refractivity contribution < 1.29 is 24.1 Å². The van der Waals surface area contributed by atoms with Gasteiger partial charge in [-0.1, -0.05) is 11.6 Å². The van der Waals surface area contributed by atoms with E-state index in [-0.39, 0.29) is 23.5 Å². The predicted molar refractivity (Wildman–Crippen MR) is 137 cm³/mol. The molecule has 1 amide bonds. The van der Waals surface area contributed by atoms with Crippen LogP contribution in [-0.2, 0) is 21.4 Å². The molecule has 3 heterocycles. The van der Waals surface area contributed by atoms with Crippen molar-refractivity contribution in [1.29, 1.82) is 0 Å². The number of nitrogens with zero attached hydrogens (tertiary/aromatic N) is 2. The first-order valence-electron chi connectivity index (χ1n) is 14.4. The van der Waals surface area contributed by atoms with E-state index >= 15 is 0 Å². The lowest BCUT2D eigenvalue weighted by Crippen LogP contribution is -2.78. The van der Waals surface area contributed by atoms with Gasteiger partial charge in [0.1, 0.15) is 6.10 Å². The lowest BCUT2D eigenvalue weighted by atomic mass is 9.40. The molecule has 8 rings (SSSR count). The third kappa shape index (κ3) is 2.86. The summed E-state index contributed by atoms with van der Waals surface area (Å²) in [7, 11) is 1.71. The molecule has 3 saturated carbocycles. The van der Waals surface area contributed by atoms with Gasteiger partial charge in [0.25, 0.3) is 0 Å². The van der Waals surface area contributed by atoms with Crippen LogP contribution in [0.3, 0.4) is 0 Å². The Balaban J connectivity index is 1.23. The highest BCUT2D eigenvalue weighted by Gasteiger charge is 2.77. The first-order valence-corrected chi connectivity index (χ1v) is 14.4. The van der Waals surface area contributed by atoms with Gasteiger partial charge in [0.2, 0.25) is 5.91 Å². The zero-order chi connectivity index (χ0) is 25.0. The van der Waals surface area contributed by atoms with Crippen molar-refractivity contribution in [3.05, 3.63) is 34.9 Å². The molecule has 2 bridgehead atoms. The van der Waals surface area contributed by atoms with Crippen molar-refractivity contribution in [2.75, 3.05) is 46.5 Å². The number of hydrogen-bond acceptors (Lipinski definition) is 6. The van der Waals surface area contributed by atoms with Crippen LogP contribution in [0.15, 0.2) is 23.8 Å². The fourth-order valence-electron chi connectivity index (χ4n) is 9.17. The van der Waals surface area contributed by atoms with E-state index in [4.69, 9.17) is 14.2 Å². The predicted octanol–water partition coefficient (Wildman–Crippen LogP) is 2.82. The fraction of sp³-hybridized carbons (Fsp3) is 0.700. The van der Waals surface area contributed by atoms with E-state index in [0.717, 1.165) is 69.0 Å². The summed E-state index contributed by atoms with van der Waals surface area (Å²) in [5.74, 6) is 2.52. The SMILES string of the molecule is COc1ccc2c3c1O[C@H]1[C@@]4(CC/C4=C\C(=O)N4CCOCC4)CC[C@@]4(O)[C@@H](C2)N(CC2CC2)CC[C@]314. The summed E-state index contributed by atoms with van der Waals surface area (Å²) in [6.45, 7) is 4.64. The smallest absolute Gasteiger partial charge is 0.246 e. The Hall–Kier alpha value is -2.09. The molecule has 2 spiro atoms. The highest BCUT2D eigenvalue weighted by atomic mass is 16.5. The number of carbonyl (C=O) groups is 1. The largest absolute Gasteiger partial charge is 0.493 e. The number of benzene rings is 1. The van der Waals surface area contributed by atoms with E-state index in [0.29, 0.717) is 26.3 Å². The molecule has 7 aliphatic rings. The molecule has 198 valence electrons. The van der Waals surface area contributed by atoms with Crippen LogP contribution in [-0.4, -0.2) is 85.1 Å². The van der Waals surface area contributed by atoms with Gasteiger partial charge in [-0.05, 0) is 75.5 Å². The number of fused-ring (bicyclic) bond motifs is 1. The molecule has 7 heteroatoms. The van der Waals surface area contributed by atoms with Crippen molar-refractivity contribution >= 4 is 5.91 Å². The number of likely N-dealkylation sites (tertiary alicyclic amines) is 1. The number of ether oxygens (including phenoxy) is 3. The van der Waals surface area contributed by atoms with Crippen LogP contribution in [0.1, 0.15) is 56.1 Å². The van der Waals surface area contributed by atoms with Crippen LogP contribution in [0.2, 0.25) is 0 Å². The van der Waals surface area contributed by atoms with E-state index < -0.39 is 11.0 Å². The van der Waals surface area contributed by atoms with E-state index in [2.05, 4.69) is 17.0 Å². The average Bonchev–Trinajstić information content (AvgIpc) is 3.66. The fourth-order valence-corrected chi connectivity index (χ4v) is 9.17. The minimum atomic E-state index is -0.824. The number of carbonyl (C=O) groups excluding carboxylic acids is 1. The van der Waals surface area contributed by atoms with E-state index in [1.54, 1.807) is 7.11 Å². The number of aliphatic hydroxyl groups is 1. The van der Waals surface area contributed by atoms with Gasteiger partial charge in [-0.3, -0.25) is 9.69 Å². The van der Waals surface area contributed by atoms with E-state index in [1.807, 2.05) is 11.0 Å². The van der Waals surface area contributed by atoms with Crippen molar-refractivity contribution in [1.82, 2.24) is 9.80 Å². The van der Waals surface area contributed by atoms with Gasteiger partial charge in [0.05, 0.1) is 31.3 Å². The zero-order valence-corrected chi connectivity index (χ0v) is 21.8. The van der Waals surface area contributed by atoms with Gasteiger partial charge >= 0.3 is 0 Å². The highest BCUT2D eigenvalue weighted by Crippen LogP contribution is 2.73. The molecule has 3 aliphatic heterocycles. The average molecular weight is 507 g/mol. The van der Waals surface area contributed by atoms with Gasteiger partial charge in [-0.2, -0.15) is 0 Å². The normalized spacial score (nSPS) is 40.8. The lowest BCUT2D eigenvalue weighted by molar-refractivity contribution is -0.218. The molecular formula is C30H38N2O5. The van der Waals surface area contributed by atoms with Crippen molar-refractivity contribution in [3.8, 4) is 11.5 Å². The topological polar surface area (TPSA) is 71.5 Å². The molecule has 0 radical (unpaired) electrons. The van der Waals surface area contributed by atoms with Crippen molar-refractivity contribution in [3.63, 3.8) is 0 Å². The summed E-state index contributed by atoms with van der Waals surface area (Å²) in [4.78, 5) is 17.8. The Kier molecular flexibility index (Phi) is 4.78. The summed E-state index contributed by atoms with van der Waals surface area (Å²) < 4.78 is 18.3. The molecule has 0 unspecified atom stereocenters. The van der Waals surface area contributed by atoms with Crippen LogP contribution in [0, 0.1) is 11.3 Å². The number of hydrogen-bond donors (Lipinski definition) is 1. The third-order valence-electron chi connectivity index (χ3n) is 11.3. The second-order valence-electron chi connectivity index (χ2n) is 12.7. The van der Waals surface area contributed by atoms with Crippen molar-refractivity contribution in [2.45, 2.75) is 74.5 Å². The quantitative estimate of drug-likeness (QED) is 0.634. The minimum absolute atomic E-state index is 0.102. The van der Waals surface area contributed by atoms with Gasteiger partial charge < -0.3 is 24.2 Å². The number of methoxy groups -OCH3 is 1. The summed E-state index contributed by atoms with van der Waals surface area (Å²) >= 11 is 0. The van der Waals surface area contributed by atoms with Crippen LogP contribution < -0.4 is 9.47 Å². The number of piperidine rings is 1. The monoisotopic (exact) mass is 506 g/mol. The summed E-state index contributed by atoms with van der Waals surface area (Å²) in [6.07, 6.45) is 9.76. The number of amides is 1. The van der Waals surface area contributed by atoms with Gasteiger partial charge in [-0.25, -0.2) is 0 Å². The molecule has 0 aromatic heterocycles. The first-order chi connectivity index (χ1) is 18.0.